The van der Waals surface area contributed by atoms with Gasteiger partial charge in [-0.2, -0.15) is 0 Å². The number of aliphatic hydroxyl groups excluding tert-OH is 2. The molecule has 0 spiro atoms. The molecule has 2 aromatic heterocycles. The minimum atomic E-state index is -5.95. The summed E-state index contributed by atoms with van der Waals surface area (Å²) in [5, 5.41) is 20.9. The Labute approximate surface area is 226 Å². The molecule has 0 bridgehead atoms. The van der Waals surface area contributed by atoms with Crippen LogP contribution in [0.3, 0.4) is 0 Å². The summed E-state index contributed by atoms with van der Waals surface area (Å²) in [5.74, 6) is 0.522. The first kappa shape index (κ1) is 31.2. The first-order valence-electron chi connectivity index (χ1n) is 10.3. The van der Waals surface area contributed by atoms with Gasteiger partial charge in [-0.05, 0) is 13.8 Å². The van der Waals surface area contributed by atoms with Crippen LogP contribution in [0.1, 0.15) is 20.1 Å². The lowest BCUT2D eigenvalue weighted by Crippen LogP contribution is -2.34. The highest BCUT2D eigenvalue weighted by atomic mass is 79.9. The van der Waals surface area contributed by atoms with Crippen molar-refractivity contribution in [2.75, 3.05) is 24.6 Å². The van der Waals surface area contributed by atoms with Crippen molar-refractivity contribution in [1.29, 1.82) is 0 Å². The zero-order chi connectivity index (χ0) is 28.0. The minimum absolute atomic E-state index is 0.247. The summed E-state index contributed by atoms with van der Waals surface area (Å²) in [5.41, 5.74) is 0.629. The van der Waals surface area contributed by atoms with Crippen LogP contribution in [0, 0.1) is 0 Å². The Kier molecular flexibility index (Phi) is 9.48. The van der Waals surface area contributed by atoms with E-state index in [1.54, 1.807) is 0 Å². The van der Waals surface area contributed by atoms with Gasteiger partial charge in [-0.3, -0.25) is 13.4 Å². The summed E-state index contributed by atoms with van der Waals surface area (Å²) < 4.78 is 47.2. The van der Waals surface area contributed by atoms with Gasteiger partial charge in [0.25, 0.3) is 7.82 Å². The van der Waals surface area contributed by atoms with E-state index in [0.717, 1.165) is 0 Å². The van der Waals surface area contributed by atoms with Gasteiger partial charge in [-0.25, -0.2) is 15.0 Å². The Hall–Kier alpha value is -0.360. The number of ether oxygens (including phenoxy) is 1. The molecule has 0 radical (unpaired) electrons. The van der Waals surface area contributed by atoms with Crippen LogP contribution in [0.25, 0.3) is 11.2 Å². The van der Waals surface area contributed by atoms with Crippen molar-refractivity contribution >= 4 is 71.9 Å². The van der Waals surface area contributed by atoms with Gasteiger partial charge in [-0.15, -0.1) is 0 Å². The molecule has 0 aliphatic carbocycles. The summed E-state index contributed by atoms with van der Waals surface area (Å²) in [6, 6.07) is 0. The van der Waals surface area contributed by atoms with Crippen molar-refractivity contribution in [3.63, 3.8) is 0 Å². The Morgan fingerprint density at radius 3 is 2.32 bits per heavy atom. The minimum Gasteiger partial charge on any atom is -0.777 e. The highest BCUT2D eigenvalue weighted by Gasteiger charge is 2.49. The molecule has 37 heavy (non-hydrogen) atoms. The van der Waals surface area contributed by atoms with Gasteiger partial charge in [0, 0.05) is 13.1 Å². The molecule has 0 saturated carbocycles. The average molecular weight is 716 g/mol. The number of phosphoric ester groups is 1. The molecule has 2 aromatic rings. The normalized spacial score (nSPS) is 27.5. The third kappa shape index (κ3) is 6.20. The summed E-state index contributed by atoms with van der Waals surface area (Å²) in [4.78, 5) is 59.0. The second-order valence-electron chi connectivity index (χ2n) is 7.59. The number of aromatic nitrogens is 4. The second kappa shape index (κ2) is 11.3. The Morgan fingerprint density at radius 2 is 1.76 bits per heavy atom. The van der Waals surface area contributed by atoms with E-state index in [9.17, 15) is 38.6 Å². The zero-order valence-corrected chi connectivity index (χ0v) is 24.8. The van der Waals surface area contributed by atoms with Crippen molar-refractivity contribution in [2.45, 2.75) is 41.1 Å². The van der Waals surface area contributed by atoms with Crippen LogP contribution in [0.2, 0.25) is 0 Å². The third-order valence-electron chi connectivity index (χ3n) is 5.29. The topological polar surface area (TPSA) is 256 Å². The summed E-state index contributed by atoms with van der Waals surface area (Å²) in [6.45, 7) is 4.05. The lowest BCUT2D eigenvalue weighted by molar-refractivity contribution is -0.234. The fourth-order valence-corrected chi connectivity index (χ4v) is 8.10. The maximum Gasteiger partial charge on any atom is 0.272 e. The fourth-order valence-electron chi connectivity index (χ4n) is 3.40. The number of hydrogen-bond donors (Lipinski definition) is 3. The number of imidazole rings is 1. The molecule has 0 aromatic carbocycles. The van der Waals surface area contributed by atoms with E-state index in [1.165, 1.54) is 17.2 Å². The van der Waals surface area contributed by atoms with Crippen molar-refractivity contribution < 1.29 is 57.1 Å². The Bertz CT molecular complexity index is 1270. The third-order valence-corrected chi connectivity index (χ3v) is 15.5. The van der Waals surface area contributed by atoms with Gasteiger partial charge >= 0.3 is 0 Å². The first-order chi connectivity index (χ1) is 17.0. The van der Waals surface area contributed by atoms with Gasteiger partial charge in [0.1, 0.15) is 24.6 Å². The number of fused-ring (bicyclic) bond motifs is 1. The van der Waals surface area contributed by atoms with E-state index in [0.29, 0.717) is 24.4 Å². The van der Waals surface area contributed by atoms with E-state index >= 15 is 0 Å². The zero-order valence-electron chi connectivity index (χ0n) is 18.9. The number of alkyl halides is 2. The molecule has 0 amide bonds. The van der Waals surface area contributed by atoms with Gasteiger partial charge < -0.3 is 53.1 Å². The number of aliphatic hydroxyl groups is 2. The van der Waals surface area contributed by atoms with Gasteiger partial charge in [0.2, 0.25) is 2.72 Å². The number of halogens is 2. The average Bonchev–Trinajstić information content (AvgIpc) is 3.33. The summed E-state index contributed by atoms with van der Waals surface area (Å²) in [7, 11) is -17.5. The van der Waals surface area contributed by atoms with Crippen LogP contribution in [0.15, 0.2) is 12.7 Å². The largest absolute Gasteiger partial charge is 0.777 e. The Balaban J connectivity index is 1.77. The van der Waals surface area contributed by atoms with Gasteiger partial charge in [-0.1, -0.05) is 31.9 Å². The van der Waals surface area contributed by atoms with E-state index < -0.39 is 56.9 Å². The predicted molar refractivity (Wildman–Crippen MR) is 127 cm³/mol. The predicted octanol–water partition coefficient (Wildman–Crippen LogP) is -0.707. The molecule has 7 atom stereocenters. The van der Waals surface area contributed by atoms with Crippen LogP contribution < -0.4 is 19.6 Å². The standard InChI is InChI=1S/C15H24Br2N5O12P3/c1-3-21(4-2)12-9-13(19-6-18-12)22(7-20-9)14-11(24)10(23)8(33-14)5-32-37(30,31)34-36(28,29)15(16,17)35(25,26)27/h6-8,10-11,14,23-24H,3-5H2,1-2H3,(H,28,29)(H,30,31)(H2,25,26,27)/p-3. The van der Waals surface area contributed by atoms with Crippen LogP contribution >= 0.6 is 54.9 Å². The molecule has 1 aliphatic rings. The molecule has 22 heteroatoms. The Morgan fingerprint density at radius 1 is 1.14 bits per heavy atom. The fraction of sp³-hybridized carbons (Fsp3) is 0.667. The van der Waals surface area contributed by atoms with E-state index in [4.69, 9.17) is 9.63 Å². The lowest BCUT2D eigenvalue weighted by Gasteiger charge is -2.42. The quantitative estimate of drug-likeness (QED) is 0.192. The summed E-state index contributed by atoms with van der Waals surface area (Å²) in [6.07, 6.45) is -3.58. The molecular weight excluding hydrogens is 695 g/mol. The van der Waals surface area contributed by atoms with Crippen molar-refractivity contribution in [3.05, 3.63) is 12.7 Å². The summed E-state index contributed by atoms with van der Waals surface area (Å²) >= 11 is 4.28. The van der Waals surface area contributed by atoms with Crippen molar-refractivity contribution in [2.24, 2.45) is 0 Å². The van der Waals surface area contributed by atoms with E-state index in [-0.39, 0.29) is 5.65 Å². The number of anilines is 1. The molecule has 210 valence electrons. The first-order valence-corrected chi connectivity index (χ1v) is 16.5. The molecule has 7 unspecified atom stereocenters. The van der Waals surface area contributed by atoms with Crippen LogP contribution in [0.5, 0.6) is 0 Å². The van der Waals surface area contributed by atoms with Crippen molar-refractivity contribution in [1.82, 2.24) is 19.5 Å². The van der Waals surface area contributed by atoms with Crippen LogP contribution in [-0.4, -0.2) is 75.3 Å². The second-order valence-corrected chi connectivity index (χ2v) is 19.0. The van der Waals surface area contributed by atoms with Gasteiger partial charge in [0.05, 0.1) is 12.9 Å². The molecular formula is C15H21Br2N5O12P3-3. The number of nitrogens with zero attached hydrogens (tertiary/aromatic N) is 5. The van der Waals surface area contributed by atoms with E-state index in [2.05, 4.69) is 55.6 Å². The highest BCUT2D eigenvalue weighted by Crippen LogP contribution is 2.77. The monoisotopic (exact) mass is 714 g/mol. The molecule has 17 nitrogen and oxygen atoms in total. The van der Waals surface area contributed by atoms with Gasteiger partial charge in [0.15, 0.2) is 38.4 Å². The molecule has 3 heterocycles. The molecule has 1 fully saturated rings. The maximum atomic E-state index is 12.1. The molecule has 3 N–H and O–H groups in total. The van der Waals surface area contributed by atoms with Crippen LogP contribution in [-0.2, 0) is 27.3 Å². The molecule has 3 rings (SSSR count). The lowest BCUT2D eigenvalue weighted by atomic mass is 10.1. The van der Waals surface area contributed by atoms with E-state index in [1.807, 2.05) is 18.7 Å². The van der Waals surface area contributed by atoms with Crippen molar-refractivity contribution in [3.8, 4) is 0 Å². The number of rotatable bonds is 11. The maximum absolute atomic E-state index is 12.1. The smallest absolute Gasteiger partial charge is 0.272 e. The molecule has 1 aliphatic heterocycles. The number of phosphoric acid groups is 1. The molecule has 1 saturated heterocycles. The number of hydrogen-bond acceptors (Lipinski definition) is 15. The highest BCUT2D eigenvalue weighted by molar-refractivity contribution is 9.29. The SMILES string of the molecule is CCN(CC)c1ncnc2c1ncn2C1OC(COP(=O)([O-])OP(=O)([O-])C(Br)(Br)P(=O)([O-])O)C(O)C1O. The van der Waals surface area contributed by atoms with Crippen LogP contribution in [0.4, 0.5) is 5.82 Å².